The second kappa shape index (κ2) is 4.18. The minimum atomic E-state index is -0.554. The molecule has 16 heavy (non-hydrogen) atoms. The fourth-order valence-corrected chi connectivity index (χ4v) is 2.76. The Morgan fingerprint density at radius 1 is 1.25 bits per heavy atom. The molecule has 0 N–H and O–H groups in total. The molecule has 2 aliphatic heterocycles. The smallest absolute Gasteiger partial charge is 0.427 e. The van der Waals surface area contributed by atoms with E-state index in [2.05, 4.69) is 15.9 Å². The first-order valence-corrected chi connectivity index (χ1v) is 6.49. The minimum absolute atomic E-state index is 0.0531. The third-order valence-corrected chi connectivity index (χ3v) is 4.65. The standard InChI is InChI=1S/C11H17BrO4/c1-6-4-7-8(15-10(13)14-7)5-9(12)11(2,3)16-6/h6-9H,4-5H2,1-3H3/t6-,7+,8-,9+/m1/s1. The number of halogens is 1. The summed E-state index contributed by atoms with van der Waals surface area (Å²) >= 11 is 3.61. The molecule has 0 aliphatic carbocycles. The third kappa shape index (κ3) is 2.35. The van der Waals surface area contributed by atoms with E-state index in [4.69, 9.17) is 14.2 Å². The van der Waals surface area contributed by atoms with Crippen LogP contribution in [-0.2, 0) is 14.2 Å². The summed E-state index contributed by atoms with van der Waals surface area (Å²) < 4.78 is 16.2. The quantitative estimate of drug-likeness (QED) is 0.509. The van der Waals surface area contributed by atoms with Gasteiger partial charge in [0.05, 0.1) is 11.7 Å². The Bertz CT molecular complexity index is 292. The van der Waals surface area contributed by atoms with E-state index >= 15 is 0 Å². The number of rotatable bonds is 0. The van der Waals surface area contributed by atoms with Crippen LogP contribution in [0.1, 0.15) is 33.6 Å². The minimum Gasteiger partial charge on any atom is -0.427 e. The molecule has 0 amide bonds. The zero-order chi connectivity index (χ0) is 11.9. The van der Waals surface area contributed by atoms with Crippen LogP contribution in [0.15, 0.2) is 0 Å². The summed E-state index contributed by atoms with van der Waals surface area (Å²) in [5.74, 6) is 0. The number of hydrogen-bond acceptors (Lipinski definition) is 4. The Balaban J connectivity index is 2.15. The van der Waals surface area contributed by atoms with Crippen molar-refractivity contribution in [2.24, 2.45) is 0 Å². The fraction of sp³-hybridized carbons (Fsp3) is 0.909. The van der Waals surface area contributed by atoms with Gasteiger partial charge in [0.15, 0.2) is 0 Å². The number of carbonyl (C=O) groups is 1. The predicted molar refractivity (Wildman–Crippen MR) is 61.7 cm³/mol. The van der Waals surface area contributed by atoms with Crippen molar-refractivity contribution in [1.29, 1.82) is 0 Å². The Labute approximate surface area is 104 Å². The molecule has 5 heteroatoms. The van der Waals surface area contributed by atoms with E-state index in [1.54, 1.807) is 0 Å². The van der Waals surface area contributed by atoms with Gasteiger partial charge in [-0.3, -0.25) is 0 Å². The van der Waals surface area contributed by atoms with Crippen molar-refractivity contribution in [3.8, 4) is 0 Å². The molecule has 0 aromatic heterocycles. The lowest BCUT2D eigenvalue weighted by Gasteiger charge is -2.38. The SMILES string of the molecule is C[C@@H]1C[C@@H]2OC(=O)O[C@@H]2C[C@H](Br)C(C)(C)O1. The predicted octanol–water partition coefficient (Wildman–Crippen LogP) is 2.63. The summed E-state index contributed by atoms with van der Waals surface area (Å²) in [6.07, 6.45) is 0.593. The van der Waals surface area contributed by atoms with Gasteiger partial charge in [-0.25, -0.2) is 4.79 Å². The maximum atomic E-state index is 11.1. The molecule has 4 atom stereocenters. The van der Waals surface area contributed by atoms with Crippen LogP contribution in [0.4, 0.5) is 4.79 Å². The van der Waals surface area contributed by atoms with Gasteiger partial charge < -0.3 is 14.2 Å². The largest absolute Gasteiger partial charge is 0.509 e. The van der Waals surface area contributed by atoms with Crippen molar-refractivity contribution < 1.29 is 19.0 Å². The lowest BCUT2D eigenvalue weighted by molar-refractivity contribution is -0.0950. The maximum absolute atomic E-state index is 11.1. The van der Waals surface area contributed by atoms with Crippen molar-refractivity contribution >= 4 is 22.1 Å². The van der Waals surface area contributed by atoms with Crippen molar-refractivity contribution in [3.05, 3.63) is 0 Å². The van der Waals surface area contributed by atoms with Gasteiger partial charge in [0.25, 0.3) is 0 Å². The fourth-order valence-electron chi connectivity index (χ4n) is 2.28. The Morgan fingerprint density at radius 3 is 2.44 bits per heavy atom. The van der Waals surface area contributed by atoms with E-state index in [0.29, 0.717) is 6.42 Å². The number of carbonyl (C=O) groups excluding carboxylic acids is 1. The summed E-state index contributed by atoms with van der Waals surface area (Å²) in [7, 11) is 0. The van der Waals surface area contributed by atoms with Gasteiger partial charge in [-0.15, -0.1) is 0 Å². The molecule has 0 aromatic carbocycles. The third-order valence-electron chi connectivity index (χ3n) is 3.17. The van der Waals surface area contributed by atoms with Crippen LogP contribution in [0.5, 0.6) is 0 Å². The van der Waals surface area contributed by atoms with Crippen LogP contribution in [0.2, 0.25) is 0 Å². The normalized spacial score (nSPS) is 42.6. The summed E-state index contributed by atoms with van der Waals surface area (Å²) in [5.41, 5.74) is -0.264. The van der Waals surface area contributed by atoms with Crippen LogP contribution in [-0.4, -0.2) is 34.9 Å². The first-order valence-electron chi connectivity index (χ1n) is 5.57. The second-order valence-corrected chi connectivity index (χ2v) is 6.14. The molecule has 92 valence electrons. The molecular weight excluding hydrogens is 276 g/mol. The number of ether oxygens (including phenoxy) is 3. The highest BCUT2D eigenvalue weighted by molar-refractivity contribution is 9.09. The molecule has 0 radical (unpaired) electrons. The number of hydrogen-bond donors (Lipinski definition) is 0. The van der Waals surface area contributed by atoms with Gasteiger partial charge in [0.2, 0.25) is 0 Å². The van der Waals surface area contributed by atoms with E-state index < -0.39 is 6.16 Å². The van der Waals surface area contributed by atoms with E-state index in [1.165, 1.54) is 0 Å². The molecule has 0 spiro atoms. The highest BCUT2D eigenvalue weighted by atomic mass is 79.9. The molecule has 2 heterocycles. The molecule has 2 saturated heterocycles. The van der Waals surface area contributed by atoms with Crippen LogP contribution in [0.25, 0.3) is 0 Å². The van der Waals surface area contributed by atoms with Gasteiger partial charge in [0, 0.05) is 17.7 Å². The lowest BCUT2D eigenvalue weighted by atomic mass is 9.93. The van der Waals surface area contributed by atoms with Gasteiger partial charge in [-0.1, -0.05) is 15.9 Å². The Morgan fingerprint density at radius 2 is 1.81 bits per heavy atom. The molecule has 2 aliphatic rings. The molecule has 0 unspecified atom stereocenters. The average Bonchev–Trinajstić information content (AvgIpc) is 2.43. The zero-order valence-electron chi connectivity index (χ0n) is 9.73. The van der Waals surface area contributed by atoms with E-state index in [1.807, 2.05) is 20.8 Å². The van der Waals surface area contributed by atoms with E-state index in [0.717, 1.165) is 6.42 Å². The van der Waals surface area contributed by atoms with Crippen LogP contribution in [0, 0.1) is 0 Å². The second-order valence-electron chi connectivity index (χ2n) is 5.03. The summed E-state index contributed by atoms with van der Waals surface area (Å²) in [4.78, 5) is 11.3. The van der Waals surface area contributed by atoms with Crippen LogP contribution in [0.3, 0.4) is 0 Å². The molecule has 0 aromatic rings. The zero-order valence-corrected chi connectivity index (χ0v) is 11.3. The van der Waals surface area contributed by atoms with Crippen molar-refractivity contribution in [1.82, 2.24) is 0 Å². The molecule has 2 rings (SSSR count). The first kappa shape index (κ1) is 12.2. The van der Waals surface area contributed by atoms with Crippen molar-refractivity contribution in [2.45, 2.75) is 62.4 Å². The average molecular weight is 293 g/mol. The highest BCUT2D eigenvalue weighted by Gasteiger charge is 2.44. The summed E-state index contributed by atoms with van der Waals surface area (Å²) in [5, 5.41) is 0. The molecule has 0 bridgehead atoms. The highest BCUT2D eigenvalue weighted by Crippen LogP contribution is 2.35. The Kier molecular flexibility index (Phi) is 3.18. The molecule has 0 saturated carbocycles. The molecular formula is C11H17BrO4. The number of alkyl halides is 1. The van der Waals surface area contributed by atoms with Crippen molar-refractivity contribution in [3.63, 3.8) is 0 Å². The molecule has 2 fully saturated rings. The lowest BCUT2D eigenvalue weighted by Crippen LogP contribution is -2.45. The summed E-state index contributed by atoms with van der Waals surface area (Å²) in [6, 6.07) is 0. The maximum Gasteiger partial charge on any atom is 0.509 e. The van der Waals surface area contributed by atoms with Gasteiger partial charge in [-0.05, 0) is 20.8 Å². The van der Waals surface area contributed by atoms with Crippen molar-refractivity contribution in [2.75, 3.05) is 0 Å². The van der Waals surface area contributed by atoms with Gasteiger partial charge in [-0.2, -0.15) is 0 Å². The van der Waals surface area contributed by atoms with Gasteiger partial charge >= 0.3 is 6.16 Å². The topological polar surface area (TPSA) is 44.8 Å². The van der Waals surface area contributed by atoms with E-state index in [-0.39, 0.29) is 28.7 Å². The summed E-state index contributed by atoms with van der Waals surface area (Å²) in [6.45, 7) is 6.08. The van der Waals surface area contributed by atoms with Gasteiger partial charge in [0.1, 0.15) is 12.2 Å². The molecule has 4 nitrogen and oxygen atoms in total. The monoisotopic (exact) mass is 292 g/mol. The van der Waals surface area contributed by atoms with Crippen LogP contribution < -0.4 is 0 Å². The number of fused-ring (bicyclic) bond motifs is 1. The van der Waals surface area contributed by atoms with E-state index in [9.17, 15) is 4.79 Å². The van der Waals surface area contributed by atoms with Crippen LogP contribution >= 0.6 is 15.9 Å². The Hall–Kier alpha value is -0.290. The first-order chi connectivity index (χ1) is 7.38.